The van der Waals surface area contributed by atoms with E-state index in [1.165, 1.54) is 20.4 Å². The Bertz CT molecular complexity index is 838. The number of nitrogens with one attached hydrogen (secondary N) is 1. The van der Waals surface area contributed by atoms with Gasteiger partial charge in [-0.2, -0.15) is 5.10 Å². The molecule has 1 amide bonds. The van der Waals surface area contributed by atoms with Gasteiger partial charge < -0.3 is 18.9 Å². The Kier molecular flexibility index (Phi) is 5.08. The average Bonchev–Trinajstić information content (AvgIpc) is 3.10. The lowest BCUT2D eigenvalue weighted by molar-refractivity contribution is 0.0954. The highest BCUT2D eigenvalue weighted by Gasteiger charge is 2.17. The Hall–Kier alpha value is -2.74. The van der Waals surface area contributed by atoms with Crippen molar-refractivity contribution < 1.29 is 23.7 Å². The van der Waals surface area contributed by atoms with Crippen LogP contribution in [0.25, 0.3) is 0 Å². The fourth-order valence-electron chi connectivity index (χ4n) is 2.27. The maximum Gasteiger partial charge on any atom is 0.271 e. The van der Waals surface area contributed by atoms with Gasteiger partial charge in [0.15, 0.2) is 23.0 Å². The molecule has 1 N–H and O–H groups in total. The predicted octanol–water partition coefficient (Wildman–Crippen LogP) is 2.96. The zero-order chi connectivity index (χ0) is 17.8. The fourth-order valence-corrected chi connectivity index (χ4v) is 2.84. The molecular formula is C17H15BrN2O5. The third-order valence-electron chi connectivity index (χ3n) is 3.47. The first-order valence-electron chi connectivity index (χ1n) is 7.27. The minimum atomic E-state index is -0.364. The molecule has 7 nitrogen and oxygen atoms in total. The highest BCUT2D eigenvalue weighted by molar-refractivity contribution is 9.10. The summed E-state index contributed by atoms with van der Waals surface area (Å²) in [4.78, 5) is 12.2. The van der Waals surface area contributed by atoms with Crippen LogP contribution in [0.15, 0.2) is 39.9 Å². The Morgan fingerprint density at radius 3 is 2.76 bits per heavy atom. The van der Waals surface area contributed by atoms with Gasteiger partial charge in [-0.25, -0.2) is 5.43 Å². The number of halogens is 1. The van der Waals surface area contributed by atoms with Gasteiger partial charge in [0, 0.05) is 5.56 Å². The molecule has 0 saturated heterocycles. The van der Waals surface area contributed by atoms with Crippen molar-refractivity contribution in [3.05, 3.63) is 45.9 Å². The third-order valence-corrected chi connectivity index (χ3v) is 4.06. The highest BCUT2D eigenvalue weighted by Crippen LogP contribution is 2.39. The van der Waals surface area contributed by atoms with E-state index in [2.05, 4.69) is 26.5 Å². The number of carbonyl (C=O) groups excluding carboxylic acids is 1. The summed E-state index contributed by atoms with van der Waals surface area (Å²) in [6.07, 6.45) is 1.52. The average molecular weight is 407 g/mol. The van der Waals surface area contributed by atoms with E-state index in [0.29, 0.717) is 28.6 Å². The Labute approximate surface area is 152 Å². The number of benzene rings is 2. The van der Waals surface area contributed by atoms with Crippen molar-refractivity contribution in [3.63, 3.8) is 0 Å². The second kappa shape index (κ2) is 7.43. The number of hydrogen-bond donors (Lipinski definition) is 1. The van der Waals surface area contributed by atoms with Crippen LogP contribution in [0.5, 0.6) is 23.0 Å². The van der Waals surface area contributed by atoms with Gasteiger partial charge in [0.25, 0.3) is 5.91 Å². The molecule has 1 aliphatic heterocycles. The molecular weight excluding hydrogens is 392 g/mol. The van der Waals surface area contributed by atoms with E-state index >= 15 is 0 Å². The van der Waals surface area contributed by atoms with E-state index in [-0.39, 0.29) is 12.7 Å². The molecule has 2 aromatic carbocycles. The quantitative estimate of drug-likeness (QED) is 0.609. The number of ether oxygens (including phenoxy) is 4. The summed E-state index contributed by atoms with van der Waals surface area (Å²) in [5.74, 6) is 1.94. The third kappa shape index (κ3) is 3.69. The predicted molar refractivity (Wildman–Crippen MR) is 94.9 cm³/mol. The lowest BCUT2D eigenvalue weighted by Gasteiger charge is -2.08. The molecule has 0 saturated carbocycles. The van der Waals surface area contributed by atoms with Crippen molar-refractivity contribution in [3.8, 4) is 23.0 Å². The van der Waals surface area contributed by atoms with Gasteiger partial charge >= 0.3 is 0 Å². The molecule has 25 heavy (non-hydrogen) atoms. The Balaban J connectivity index is 1.70. The van der Waals surface area contributed by atoms with E-state index in [9.17, 15) is 4.79 Å². The van der Waals surface area contributed by atoms with Crippen LogP contribution in [0, 0.1) is 0 Å². The van der Waals surface area contributed by atoms with Crippen LogP contribution in [0.1, 0.15) is 15.9 Å². The largest absolute Gasteiger partial charge is 0.493 e. The highest BCUT2D eigenvalue weighted by atomic mass is 79.9. The van der Waals surface area contributed by atoms with Crippen molar-refractivity contribution in [1.82, 2.24) is 5.43 Å². The van der Waals surface area contributed by atoms with E-state index in [1.54, 1.807) is 24.3 Å². The molecule has 0 spiro atoms. The van der Waals surface area contributed by atoms with Crippen molar-refractivity contribution in [2.24, 2.45) is 5.10 Å². The van der Waals surface area contributed by atoms with Crippen LogP contribution < -0.4 is 24.4 Å². The second-order valence-electron chi connectivity index (χ2n) is 5.01. The lowest BCUT2D eigenvalue weighted by Crippen LogP contribution is -2.17. The summed E-state index contributed by atoms with van der Waals surface area (Å²) in [6.45, 7) is 0.185. The number of nitrogens with zero attached hydrogens (tertiary/aromatic N) is 1. The summed E-state index contributed by atoms with van der Waals surface area (Å²) < 4.78 is 21.7. The van der Waals surface area contributed by atoms with Crippen LogP contribution in [0.3, 0.4) is 0 Å². The molecule has 0 fully saturated rings. The van der Waals surface area contributed by atoms with Crippen LogP contribution in [0.2, 0.25) is 0 Å². The molecule has 0 unspecified atom stereocenters. The van der Waals surface area contributed by atoms with Crippen LogP contribution in [-0.4, -0.2) is 33.1 Å². The summed E-state index contributed by atoms with van der Waals surface area (Å²) in [7, 11) is 3.04. The summed E-state index contributed by atoms with van der Waals surface area (Å²) >= 11 is 3.41. The van der Waals surface area contributed by atoms with E-state index in [0.717, 1.165) is 10.0 Å². The topological polar surface area (TPSA) is 78.4 Å². The smallest absolute Gasteiger partial charge is 0.271 e. The van der Waals surface area contributed by atoms with Gasteiger partial charge in [-0.15, -0.1) is 0 Å². The van der Waals surface area contributed by atoms with Crippen molar-refractivity contribution in [2.45, 2.75) is 0 Å². The van der Waals surface area contributed by atoms with E-state index in [1.807, 2.05) is 6.07 Å². The molecule has 130 valence electrons. The SMILES string of the molecule is COc1ccc(C(=O)N/N=C\c2cc(Br)c3c(c2)OCO3)cc1OC. The van der Waals surface area contributed by atoms with Crippen LogP contribution >= 0.6 is 15.9 Å². The van der Waals surface area contributed by atoms with Gasteiger partial charge in [0.05, 0.1) is 24.9 Å². The summed E-state index contributed by atoms with van der Waals surface area (Å²) in [5, 5.41) is 3.97. The number of methoxy groups -OCH3 is 2. The summed E-state index contributed by atoms with van der Waals surface area (Å²) in [5.41, 5.74) is 3.63. The van der Waals surface area contributed by atoms with Crippen molar-refractivity contribution in [2.75, 3.05) is 21.0 Å². The van der Waals surface area contributed by atoms with Gasteiger partial charge in [-0.3, -0.25) is 4.79 Å². The molecule has 0 atom stereocenters. The maximum absolute atomic E-state index is 12.2. The first-order chi connectivity index (χ1) is 12.1. The number of rotatable bonds is 5. The first-order valence-corrected chi connectivity index (χ1v) is 8.06. The number of carbonyl (C=O) groups is 1. The lowest BCUT2D eigenvalue weighted by atomic mass is 10.2. The van der Waals surface area contributed by atoms with Crippen LogP contribution in [-0.2, 0) is 0 Å². The van der Waals surface area contributed by atoms with Gasteiger partial charge in [0.2, 0.25) is 6.79 Å². The normalized spacial score (nSPS) is 12.3. The maximum atomic E-state index is 12.2. The Morgan fingerprint density at radius 2 is 2.00 bits per heavy atom. The minimum Gasteiger partial charge on any atom is -0.493 e. The summed E-state index contributed by atoms with van der Waals surface area (Å²) in [6, 6.07) is 8.47. The zero-order valence-corrected chi connectivity index (χ0v) is 15.1. The molecule has 8 heteroatoms. The first kappa shape index (κ1) is 17.1. The number of fused-ring (bicyclic) bond motifs is 1. The number of hydrazone groups is 1. The molecule has 0 radical (unpaired) electrons. The molecule has 1 heterocycles. The minimum absolute atomic E-state index is 0.185. The Morgan fingerprint density at radius 1 is 1.20 bits per heavy atom. The van der Waals surface area contributed by atoms with Crippen LogP contribution in [0.4, 0.5) is 0 Å². The van der Waals surface area contributed by atoms with Gasteiger partial charge in [0.1, 0.15) is 0 Å². The fraction of sp³-hybridized carbons (Fsp3) is 0.176. The van der Waals surface area contributed by atoms with Crippen molar-refractivity contribution in [1.29, 1.82) is 0 Å². The van der Waals surface area contributed by atoms with Gasteiger partial charge in [-0.1, -0.05) is 0 Å². The molecule has 0 bridgehead atoms. The van der Waals surface area contributed by atoms with E-state index < -0.39 is 0 Å². The number of hydrogen-bond acceptors (Lipinski definition) is 6. The van der Waals surface area contributed by atoms with Crippen molar-refractivity contribution >= 4 is 28.1 Å². The second-order valence-corrected chi connectivity index (χ2v) is 5.86. The number of amides is 1. The standard InChI is InChI=1S/C17H15BrN2O5/c1-22-13-4-3-11(7-14(13)23-2)17(21)20-19-8-10-5-12(18)16-15(6-10)24-9-25-16/h3-8H,9H2,1-2H3,(H,20,21)/b19-8-. The van der Waals surface area contributed by atoms with E-state index in [4.69, 9.17) is 18.9 Å². The van der Waals surface area contributed by atoms with Gasteiger partial charge in [-0.05, 0) is 51.8 Å². The molecule has 2 aromatic rings. The monoisotopic (exact) mass is 406 g/mol. The molecule has 0 aromatic heterocycles. The zero-order valence-electron chi connectivity index (χ0n) is 13.5. The molecule has 0 aliphatic carbocycles. The molecule has 3 rings (SSSR count). The molecule has 1 aliphatic rings.